The summed E-state index contributed by atoms with van der Waals surface area (Å²) in [5.74, 6) is -3.13. The zero-order valence-electron chi connectivity index (χ0n) is 18.0. The highest BCUT2D eigenvalue weighted by atomic mass is 35.5. The van der Waals surface area contributed by atoms with Gasteiger partial charge < -0.3 is 16.8 Å². The maximum absolute atomic E-state index is 14.3. The predicted octanol–water partition coefficient (Wildman–Crippen LogP) is 3.90. The van der Waals surface area contributed by atoms with E-state index >= 15 is 0 Å². The normalized spacial score (nSPS) is 12.1. The number of halogens is 3. The lowest BCUT2D eigenvalue weighted by Gasteiger charge is -2.20. The van der Waals surface area contributed by atoms with Crippen molar-refractivity contribution in [3.8, 4) is 16.9 Å². The third kappa shape index (κ3) is 3.87. The van der Waals surface area contributed by atoms with Crippen molar-refractivity contribution in [3.05, 3.63) is 87.8 Å². The number of carbonyl (C=O) groups is 2. The van der Waals surface area contributed by atoms with Crippen LogP contribution in [0, 0.1) is 11.6 Å². The molecule has 5 N–H and O–H groups in total. The molecular formula is C24H17ClF2N6O2. The summed E-state index contributed by atoms with van der Waals surface area (Å²) in [7, 11) is 0. The average molecular weight is 495 g/mol. The first-order valence-corrected chi connectivity index (χ1v) is 10.8. The maximum atomic E-state index is 14.3. The fourth-order valence-electron chi connectivity index (χ4n) is 4.15. The monoisotopic (exact) mass is 494 g/mol. The number of nitrogens with zero attached hydrogens (tertiary/aromatic N) is 3. The van der Waals surface area contributed by atoms with E-state index in [1.165, 1.54) is 23.1 Å². The molecule has 0 unspecified atom stereocenters. The largest absolute Gasteiger partial charge is 0.394 e. The molecular weight excluding hydrogens is 478 g/mol. The van der Waals surface area contributed by atoms with Gasteiger partial charge in [-0.3, -0.25) is 14.6 Å². The number of hydrogen-bond acceptors (Lipinski definition) is 5. The quantitative estimate of drug-likeness (QED) is 0.371. The number of nitrogens with one attached hydrogen (secondary N) is 1. The smallest absolute Gasteiger partial charge is 0.269 e. The molecule has 5 rings (SSSR count). The Morgan fingerprint density at radius 2 is 1.83 bits per heavy atom. The first-order valence-electron chi connectivity index (χ1n) is 10.5. The van der Waals surface area contributed by atoms with Crippen molar-refractivity contribution in [2.24, 2.45) is 5.73 Å². The molecule has 4 aromatic rings. The molecule has 0 saturated heterocycles. The number of rotatable bonds is 4. The number of nitrogens with two attached hydrogens (primary N) is 2. The van der Waals surface area contributed by atoms with E-state index in [2.05, 4.69) is 15.4 Å². The molecule has 0 radical (unpaired) electrons. The molecule has 176 valence electrons. The summed E-state index contributed by atoms with van der Waals surface area (Å²) in [6, 6.07) is 8.81. The zero-order chi connectivity index (χ0) is 24.9. The number of primary amides is 1. The van der Waals surface area contributed by atoms with E-state index < -0.39 is 29.1 Å². The number of fused-ring (bicyclic) bond motifs is 3. The zero-order valence-corrected chi connectivity index (χ0v) is 18.7. The van der Waals surface area contributed by atoms with Gasteiger partial charge in [-0.25, -0.2) is 13.5 Å². The minimum absolute atomic E-state index is 0.00120. The molecule has 0 fully saturated rings. The summed E-state index contributed by atoms with van der Waals surface area (Å²) in [6.07, 6.45) is 3.83. The molecule has 8 nitrogen and oxygen atoms in total. The third-order valence-electron chi connectivity index (χ3n) is 5.81. The fraction of sp³-hybridized carbons (Fsp3) is 0.0833. The molecule has 0 spiro atoms. The van der Waals surface area contributed by atoms with Crippen LogP contribution in [0.2, 0.25) is 5.02 Å². The van der Waals surface area contributed by atoms with Gasteiger partial charge in [0.2, 0.25) is 0 Å². The van der Waals surface area contributed by atoms with Crippen molar-refractivity contribution in [2.75, 3.05) is 11.1 Å². The number of carbonyl (C=O) groups excluding carboxylic acids is 2. The molecule has 2 heterocycles. The van der Waals surface area contributed by atoms with Crippen LogP contribution in [0.5, 0.6) is 0 Å². The number of anilines is 2. The minimum atomic E-state index is -0.962. The Hall–Kier alpha value is -4.31. The van der Waals surface area contributed by atoms with Gasteiger partial charge in [0.1, 0.15) is 5.69 Å². The highest BCUT2D eigenvalue weighted by molar-refractivity contribution is 6.34. The Morgan fingerprint density at radius 1 is 1.09 bits per heavy atom. The van der Waals surface area contributed by atoms with E-state index in [0.717, 1.165) is 17.7 Å². The van der Waals surface area contributed by atoms with Gasteiger partial charge in [0.15, 0.2) is 17.3 Å². The predicted molar refractivity (Wildman–Crippen MR) is 126 cm³/mol. The lowest BCUT2D eigenvalue weighted by atomic mass is 9.88. The van der Waals surface area contributed by atoms with E-state index in [0.29, 0.717) is 35.3 Å². The maximum Gasteiger partial charge on any atom is 0.269 e. The summed E-state index contributed by atoms with van der Waals surface area (Å²) in [5.41, 5.74) is 13.6. The highest BCUT2D eigenvalue weighted by Gasteiger charge is 2.29. The summed E-state index contributed by atoms with van der Waals surface area (Å²) in [5, 5.41) is 7.26. The Balaban J connectivity index is 1.64. The number of aryl methyl sites for hydroxylation is 1. The van der Waals surface area contributed by atoms with Crippen LogP contribution in [0.1, 0.15) is 32.0 Å². The second-order valence-electron chi connectivity index (χ2n) is 7.96. The lowest BCUT2D eigenvalue weighted by Crippen LogP contribution is -2.16. The third-order valence-corrected chi connectivity index (χ3v) is 6.11. The van der Waals surface area contributed by atoms with Crippen LogP contribution < -0.4 is 16.8 Å². The number of nitrogen functional groups attached to an aromatic ring is 1. The van der Waals surface area contributed by atoms with Crippen LogP contribution in [-0.4, -0.2) is 26.6 Å². The molecule has 0 atom stereocenters. The van der Waals surface area contributed by atoms with E-state index in [1.54, 1.807) is 12.1 Å². The van der Waals surface area contributed by atoms with Crippen LogP contribution in [0.3, 0.4) is 0 Å². The average Bonchev–Trinajstić information content (AvgIpc) is 3.23. The number of pyridine rings is 1. The van der Waals surface area contributed by atoms with Crippen LogP contribution in [-0.2, 0) is 12.8 Å². The second kappa shape index (κ2) is 8.48. The minimum Gasteiger partial charge on any atom is -0.394 e. The molecule has 2 amide bonds. The van der Waals surface area contributed by atoms with Crippen LogP contribution in [0.25, 0.3) is 16.9 Å². The van der Waals surface area contributed by atoms with Gasteiger partial charge in [0, 0.05) is 41.3 Å². The number of amides is 2. The van der Waals surface area contributed by atoms with Crippen molar-refractivity contribution in [1.82, 2.24) is 14.8 Å². The summed E-state index contributed by atoms with van der Waals surface area (Å²) >= 11 is 6.08. The number of aromatic nitrogens is 3. The molecule has 0 bridgehead atoms. The molecule has 1 aliphatic carbocycles. The van der Waals surface area contributed by atoms with E-state index in [-0.39, 0.29) is 22.0 Å². The summed E-state index contributed by atoms with van der Waals surface area (Å²) in [6.45, 7) is 0. The SMILES string of the molecule is NC(=O)c1nn(-c2cc(F)c(N)c(F)c2)c2c1CCc1ccc(NC(=O)c3ccncc3Cl)cc1-2. The van der Waals surface area contributed by atoms with Crippen molar-refractivity contribution in [2.45, 2.75) is 12.8 Å². The molecule has 35 heavy (non-hydrogen) atoms. The molecule has 0 aliphatic heterocycles. The summed E-state index contributed by atoms with van der Waals surface area (Å²) < 4.78 is 29.8. The highest BCUT2D eigenvalue weighted by Crippen LogP contribution is 2.39. The molecule has 1 aliphatic rings. The molecule has 2 aromatic heterocycles. The standard InChI is InChI=1S/C24H17ClF2N6O2/c25-17-10-30-6-5-14(17)24(35)31-12-3-1-11-2-4-15-21(23(29)34)32-33(22(15)16(11)7-12)13-8-18(26)20(28)19(27)9-13/h1,3,5-10H,2,4,28H2,(H2,29,34)(H,31,35). The van der Waals surface area contributed by atoms with Crippen LogP contribution in [0.15, 0.2) is 48.8 Å². The summed E-state index contributed by atoms with van der Waals surface area (Å²) in [4.78, 5) is 28.7. The van der Waals surface area contributed by atoms with Gasteiger partial charge in [-0.05, 0) is 36.6 Å². The Bertz CT molecular complexity index is 1510. The molecule has 11 heteroatoms. The first kappa shape index (κ1) is 22.5. The Labute approximate surface area is 202 Å². The Kier molecular flexibility index (Phi) is 5.45. The fourth-order valence-corrected chi connectivity index (χ4v) is 4.36. The van der Waals surface area contributed by atoms with Crippen molar-refractivity contribution < 1.29 is 18.4 Å². The van der Waals surface area contributed by atoms with Gasteiger partial charge in [-0.2, -0.15) is 5.10 Å². The van der Waals surface area contributed by atoms with Gasteiger partial charge in [0.25, 0.3) is 11.8 Å². The van der Waals surface area contributed by atoms with Gasteiger partial charge >= 0.3 is 0 Å². The van der Waals surface area contributed by atoms with Crippen molar-refractivity contribution >= 4 is 34.8 Å². The number of benzene rings is 2. The van der Waals surface area contributed by atoms with E-state index in [1.807, 2.05) is 6.07 Å². The van der Waals surface area contributed by atoms with Gasteiger partial charge in [0.05, 0.1) is 22.0 Å². The van der Waals surface area contributed by atoms with Gasteiger partial charge in [-0.1, -0.05) is 17.7 Å². The lowest BCUT2D eigenvalue weighted by molar-refractivity contribution is 0.0992. The van der Waals surface area contributed by atoms with Crippen LogP contribution in [0.4, 0.5) is 20.2 Å². The number of hydrogen-bond donors (Lipinski definition) is 3. The Morgan fingerprint density at radius 3 is 2.51 bits per heavy atom. The first-order chi connectivity index (χ1) is 16.7. The van der Waals surface area contributed by atoms with E-state index in [9.17, 15) is 18.4 Å². The molecule has 2 aromatic carbocycles. The van der Waals surface area contributed by atoms with E-state index in [4.69, 9.17) is 23.1 Å². The van der Waals surface area contributed by atoms with Gasteiger partial charge in [-0.15, -0.1) is 0 Å². The van der Waals surface area contributed by atoms with Crippen molar-refractivity contribution in [1.29, 1.82) is 0 Å². The molecule has 0 saturated carbocycles. The topological polar surface area (TPSA) is 129 Å². The van der Waals surface area contributed by atoms with Crippen molar-refractivity contribution in [3.63, 3.8) is 0 Å². The van der Waals surface area contributed by atoms with Crippen LogP contribution >= 0.6 is 11.6 Å². The second-order valence-corrected chi connectivity index (χ2v) is 8.36.